The van der Waals surface area contributed by atoms with Gasteiger partial charge in [0.2, 0.25) is 0 Å². The molecule has 0 unspecified atom stereocenters. The van der Waals surface area contributed by atoms with Gasteiger partial charge in [-0.2, -0.15) is 0 Å². The number of unbranched alkanes of at least 4 members (excludes halogenated alkanes) is 3. The fraction of sp³-hybridized carbons (Fsp3) is 0.667. The van der Waals surface area contributed by atoms with Crippen LogP contribution in [0.25, 0.3) is 0 Å². The first-order valence-corrected chi connectivity index (χ1v) is 11.3. The molecule has 0 saturated heterocycles. The zero-order valence-electron chi connectivity index (χ0n) is 18.5. The second-order valence-corrected chi connectivity index (χ2v) is 7.75. The van der Waals surface area contributed by atoms with E-state index in [2.05, 4.69) is 6.92 Å². The van der Waals surface area contributed by atoms with Crippen molar-refractivity contribution in [2.45, 2.75) is 77.2 Å². The minimum atomic E-state index is -0.965. The Morgan fingerprint density at radius 3 is 2.40 bits per heavy atom. The Hall–Kier alpha value is -1.76. The fourth-order valence-corrected chi connectivity index (χ4v) is 3.38. The average Bonchev–Trinajstić information content (AvgIpc) is 3.07. The summed E-state index contributed by atoms with van der Waals surface area (Å²) in [5.41, 5.74) is 10.3. The number of allylic oxidation sites excluding steroid dienone is 5. The molecule has 0 saturated carbocycles. The first-order valence-electron chi connectivity index (χ1n) is 11.3. The van der Waals surface area contributed by atoms with Crippen LogP contribution in [-0.4, -0.2) is 41.2 Å². The number of hydrogen-bond acceptors (Lipinski definition) is 5. The summed E-state index contributed by atoms with van der Waals surface area (Å²) in [4.78, 5) is 22.3. The second-order valence-electron chi connectivity index (χ2n) is 7.75. The minimum absolute atomic E-state index is 0.000875. The van der Waals surface area contributed by atoms with E-state index in [1.165, 1.54) is 6.08 Å². The number of carboxylic acid groups (broad SMARTS) is 1. The van der Waals surface area contributed by atoms with E-state index in [1.54, 1.807) is 12.2 Å². The van der Waals surface area contributed by atoms with Gasteiger partial charge in [0, 0.05) is 12.0 Å². The van der Waals surface area contributed by atoms with Crippen LogP contribution in [0, 0.1) is 11.8 Å². The number of aliphatic hydroxyl groups excluding tert-OH is 1. The van der Waals surface area contributed by atoms with Crippen molar-refractivity contribution in [2.75, 3.05) is 13.1 Å². The maximum absolute atomic E-state index is 12.0. The lowest BCUT2D eigenvalue weighted by Crippen LogP contribution is -2.18. The van der Waals surface area contributed by atoms with Gasteiger partial charge in [-0.1, -0.05) is 50.5 Å². The van der Waals surface area contributed by atoms with Crippen molar-refractivity contribution in [3.8, 4) is 0 Å². The largest absolute Gasteiger partial charge is 0.478 e. The van der Waals surface area contributed by atoms with E-state index in [9.17, 15) is 14.7 Å². The number of carbonyl (C=O) groups excluding carboxylic acids is 1. The predicted octanol–water partition coefficient (Wildman–Crippen LogP) is 3.74. The zero-order valence-corrected chi connectivity index (χ0v) is 18.5. The zero-order chi connectivity index (χ0) is 22.6. The topological polar surface area (TPSA) is 127 Å². The Balaban J connectivity index is 0.00000122. The Labute approximate surface area is 182 Å². The van der Waals surface area contributed by atoms with Crippen molar-refractivity contribution >= 4 is 11.8 Å². The van der Waals surface area contributed by atoms with Gasteiger partial charge >= 0.3 is 5.97 Å². The predicted molar refractivity (Wildman–Crippen MR) is 123 cm³/mol. The molecule has 0 aromatic heterocycles. The molecule has 0 amide bonds. The minimum Gasteiger partial charge on any atom is -0.478 e. The van der Waals surface area contributed by atoms with Crippen LogP contribution in [0.4, 0.5) is 0 Å². The van der Waals surface area contributed by atoms with E-state index < -0.39 is 5.97 Å². The van der Waals surface area contributed by atoms with E-state index in [0.29, 0.717) is 0 Å². The van der Waals surface area contributed by atoms with E-state index in [4.69, 9.17) is 16.6 Å². The number of carbonyl (C=O) groups is 2. The van der Waals surface area contributed by atoms with Crippen molar-refractivity contribution in [3.05, 3.63) is 36.5 Å². The summed E-state index contributed by atoms with van der Waals surface area (Å²) in [6.07, 6.45) is 19.0. The summed E-state index contributed by atoms with van der Waals surface area (Å²) in [5.74, 6) is -0.565. The van der Waals surface area contributed by atoms with Crippen LogP contribution in [0.2, 0.25) is 0 Å². The maximum atomic E-state index is 12.0. The number of aliphatic carboxylic acids is 1. The van der Waals surface area contributed by atoms with E-state index in [-0.39, 0.29) is 23.7 Å². The number of carboxylic acids is 1. The molecule has 0 aliphatic heterocycles. The summed E-state index contributed by atoms with van der Waals surface area (Å²) in [5, 5.41) is 18.5. The molecule has 1 aliphatic carbocycles. The van der Waals surface area contributed by atoms with Crippen LogP contribution >= 0.6 is 0 Å². The molecule has 172 valence electrons. The van der Waals surface area contributed by atoms with Crippen LogP contribution in [0.3, 0.4) is 0 Å². The van der Waals surface area contributed by atoms with E-state index in [0.717, 1.165) is 83.4 Å². The molecule has 6 N–H and O–H groups in total. The van der Waals surface area contributed by atoms with Gasteiger partial charge in [-0.25, -0.2) is 4.79 Å². The van der Waals surface area contributed by atoms with E-state index in [1.807, 2.05) is 12.2 Å². The van der Waals surface area contributed by atoms with Crippen LogP contribution in [-0.2, 0) is 9.59 Å². The highest BCUT2D eigenvalue weighted by atomic mass is 16.4. The van der Waals surface area contributed by atoms with Gasteiger partial charge < -0.3 is 21.7 Å². The summed E-state index contributed by atoms with van der Waals surface area (Å²) in [6.45, 7) is 3.70. The lowest BCUT2D eigenvalue weighted by atomic mass is 9.86. The van der Waals surface area contributed by atoms with Gasteiger partial charge in [0.15, 0.2) is 5.78 Å². The lowest BCUT2D eigenvalue weighted by molar-refractivity contribution is -0.131. The SMILES string of the molecule is CCCCC[C@H](O)CC[C@H]1C=CC(=O)[C@@H]1CCC=CC=CC(=O)O.NCCCCN. The summed E-state index contributed by atoms with van der Waals surface area (Å²) < 4.78 is 0. The van der Waals surface area contributed by atoms with E-state index >= 15 is 0 Å². The number of aliphatic hydroxyl groups is 1. The molecule has 30 heavy (non-hydrogen) atoms. The standard InChI is InChI=1S/C20H30O4.C4H12N2/c1-2-3-6-9-17(21)14-12-16-13-15-19(22)18(16)10-7-4-5-8-11-20(23)24;5-3-1-2-4-6/h4-5,8,11,13,15-18,21H,2-3,6-7,9-10,12,14H2,1H3,(H,23,24);1-6H2/t16-,17-,18+;/m0./s1. The molecule has 0 radical (unpaired) electrons. The third-order valence-electron chi connectivity index (χ3n) is 5.15. The number of hydrogen-bond donors (Lipinski definition) is 4. The quantitative estimate of drug-likeness (QED) is 0.181. The van der Waals surface area contributed by atoms with Crippen LogP contribution in [0.5, 0.6) is 0 Å². The molecule has 0 aromatic rings. The Morgan fingerprint density at radius 2 is 1.80 bits per heavy atom. The molecule has 6 heteroatoms. The van der Waals surface area contributed by atoms with Gasteiger partial charge in [0.05, 0.1) is 6.10 Å². The molecular weight excluding hydrogens is 380 g/mol. The summed E-state index contributed by atoms with van der Waals surface area (Å²) in [7, 11) is 0. The molecule has 0 aromatic carbocycles. The van der Waals surface area contributed by atoms with Gasteiger partial charge in [0.25, 0.3) is 0 Å². The van der Waals surface area contributed by atoms with Crippen molar-refractivity contribution in [1.29, 1.82) is 0 Å². The first kappa shape index (κ1) is 28.2. The average molecular weight is 423 g/mol. The van der Waals surface area contributed by atoms with Crippen molar-refractivity contribution in [1.82, 2.24) is 0 Å². The van der Waals surface area contributed by atoms with Crippen LogP contribution < -0.4 is 11.5 Å². The van der Waals surface area contributed by atoms with Gasteiger partial charge in [-0.3, -0.25) is 4.79 Å². The van der Waals surface area contributed by atoms with Crippen molar-refractivity contribution in [2.24, 2.45) is 23.3 Å². The monoisotopic (exact) mass is 422 g/mol. The van der Waals surface area contributed by atoms with Gasteiger partial charge in [-0.05, 0) is 70.0 Å². The molecule has 3 atom stereocenters. The normalized spacial score (nSPS) is 19.4. The highest BCUT2D eigenvalue weighted by Crippen LogP contribution is 2.31. The third-order valence-corrected chi connectivity index (χ3v) is 5.15. The molecular formula is C24H42N2O4. The van der Waals surface area contributed by atoms with Gasteiger partial charge in [-0.15, -0.1) is 0 Å². The number of ketones is 1. The van der Waals surface area contributed by atoms with Crippen molar-refractivity contribution in [3.63, 3.8) is 0 Å². The molecule has 0 spiro atoms. The lowest BCUT2D eigenvalue weighted by Gasteiger charge is -2.19. The Bertz CT molecular complexity index is 539. The third kappa shape index (κ3) is 15.1. The number of rotatable bonds is 15. The summed E-state index contributed by atoms with van der Waals surface area (Å²) >= 11 is 0. The molecule has 0 fully saturated rings. The molecule has 1 aliphatic rings. The second kappa shape index (κ2) is 19.2. The molecule has 1 rings (SSSR count). The molecule has 0 bridgehead atoms. The first-order chi connectivity index (χ1) is 14.5. The highest BCUT2D eigenvalue weighted by molar-refractivity contribution is 5.94. The molecule has 0 heterocycles. The Morgan fingerprint density at radius 1 is 1.10 bits per heavy atom. The van der Waals surface area contributed by atoms with Crippen molar-refractivity contribution < 1.29 is 19.8 Å². The highest BCUT2D eigenvalue weighted by Gasteiger charge is 2.29. The van der Waals surface area contributed by atoms with Crippen LogP contribution in [0.1, 0.15) is 71.1 Å². The van der Waals surface area contributed by atoms with Gasteiger partial charge in [0.1, 0.15) is 0 Å². The number of nitrogens with two attached hydrogens (primary N) is 2. The smallest absolute Gasteiger partial charge is 0.328 e. The van der Waals surface area contributed by atoms with Crippen LogP contribution in [0.15, 0.2) is 36.5 Å². The summed E-state index contributed by atoms with van der Waals surface area (Å²) in [6, 6.07) is 0. The Kier molecular flexibility index (Phi) is 18.1. The maximum Gasteiger partial charge on any atom is 0.328 e. The fourth-order valence-electron chi connectivity index (χ4n) is 3.38. The molecule has 6 nitrogen and oxygen atoms in total.